The number of halogens is 4. The van der Waals surface area contributed by atoms with Gasteiger partial charge in [-0.05, 0) is 36.4 Å². The van der Waals surface area contributed by atoms with E-state index in [-0.39, 0.29) is 17.1 Å². The fourth-order valence-corrected chi connectivity index (χ4v) is 1.69. The summed E-state index contributed by atoms with van der Waals surface area (Å²) in [6.07, 6.45) is -4.57. The van der Waals surface area contributed by atoms with Gasteiger partial charge in [-0.1, -0.05) is 0 Å². The van der Waals surface area contributed by atoms with Crippen molar-refractivity contribution >= 4 is 17.1 Å². The second kappa shape index (κ2) is 5.32. The minimum Gasteiger partial charge on any atom is -0.397 e. The maximum Gasteiger partial charge on any atom is 0.416 e. The van der Waals surface area contributed by atoms with Crippen LogP contribution in [0.3, 0.4) is 0 Å². The van der Waals surface area contributed by atoms with Crippen molar-refractivity contribution in [3.63, 3.8) is 0 Å². The van der Waals surface area contributed by atoms with Crippen LogP contribution in [-0.2, 0) is 6.18 Å². The number of nitrogens with two attached hydrogens (primary N) is 1. The molecule has 2 rings (SSSR count). The quantitative estimate of drug-likeness (QED) is 0.649. The molecule has 7 heteroatoms. The Morgan fingerprint density at radius 2 is 1.76 bits per heavy atom. The van der Waals surface area contributed by atoms with Crippen LogP contribution in [0, 0.1) is 17.1 Å². The van der Waals surface area contributed by atoms with E-state index in [9.17, 15) is 17.6 Å². The number of nitrogens with one attached hydrogen (secondary N) is 1. The first-order valence-electron chi connectivity index (χ1n) is 5.74. The lowest BCUT2D eigenvalue weighted by Crippen LogP contribution is -2.06. The van der Waals surface area contributed by atoms with Crippen LogP contribution in [0.2, 0.25) is 0 Å². The number of nitriles is 1. The Morgan fingerprint density at radius 3 is 2.33 bits per heavy atom. The molecule has 0 aliphatic carbocycles. The topological polar surface area (TPSA) is 61.8 Å². The predicted octanol–water partition coefficient (Wildman–Crippen LogP) is 4.04. The molecule has 0 saturated carbocycles. The average molecular weight is 295 g/mol. The molecule has 21 heavy (non-hydrogen) atoms. The molecule has 3 N–H and O–H groups in total. The van der Waals surface area contributed by atoms with Crippen molar-refractivity contribution in [3.05, 3.63) is 53.3 Å². The van der Waals surface area contributed by atoms with Gasteiger partial charge in [0.25, 0.3) is 0 Å². The Kier molecular flexibility index (Phi) is 3.72. The number of alkyl halides is 3. The molecule has 0 heterocycles. The highest BCUT2D eigenvalue weighted by atomic mass is 19.4. The minimum atomic E-state index is -4.57. The summed E-state index contributed by atoms with van der Waals surface area (Å²) < 4.78 is 51.4. The van der Waals surface area contributed by atoms with Crippen molar-refractivity contribution in [2.75, 3.05) is 11.1 Å². The lowest BCUT2D eigenvalue weighted by Gasteiger charge is -2.13. The molecule has 2 aromatic rings. The standard InChI is InChI=1S/C14H9F4N3/c15-10-3-2-9(14(16,17)18)6-13(10)21-12-4-1-8(7-19)5-11(12)20/h1-6,21H,20H2. The average Bonchev–Trinajstić information content (AvgIpc) is 2.42. The molecule has 3 nitrogen and oxygen atoms in total. The highest BCUT2D eigenvalue weighted by Crippen LogP contribution is 2.33. The zero-order chi connectivity index (χ0) is 15.6. The Balaban J connectivity index is 2.38. The van der Waals surface area contributed by atoms with Crippen LogP contribution in [-0.4, -0.2) is 0 Å². The van der Waals surface area contributed by atoms with Gasteiger partial charge in [-0.3, -0.25) is 0 Å². The van der Waals surface area contributed by atoms with Crippen molar-refractivity contribution in [2.45, 2.75) is 6.18 Å². The summed E-state index contributed by atoms with van der Waals surface area (Å²) in [5, 5.41) is 11.2. The molecule has 0 fully saturated rings. The van der Waals surface area contributed by atoms with E-state index in [1.54, 1.807) is 0 Å². The van der Waals surface area contributed by atoms with E-state index in [0.717, 1.165) is 6.07 Å². The Bertz CT molecular complexity index is 717. The largest absolute Gasteiger partial charge is 0.416 e. The van der Waals surface area contributed by atoms with Crippen molar-refractivity contribution < 1.29 is 17.6 Å². The fraction of sp³-hybridized carbons (Fsp3) is 0.0714. The van der Waals surface area contributed by atoms with Crippen LogP contribution in [0.5, 0.6) is 0 Å². The third-order valence-electron chi connectivity index (χ3n) is 2.74. The van der Waals surface area contributed by atoms with Gasteiger partial charge in [0, 0.05) is 0 Å². The molecule has 0 saturated heterocycles. The normalized spacial score (nSPS) is 11.0. The van der Waals surface area contributed by atoms with Gasteiger partial charge in [-0.2, -0.15) is 18.4 Å². The molecule has 0 aliphatic heterocycles. The summed E-state index contributed by atoms with van der Waals surface area (Å²) in [6.45, 7) is 0. The number of nitrogen functional groups attached to an aromatic ring is 1. The van der Waals surface area contributed by atoms with Gasteiger partial charge >= 0.3 is 6.18 Å². The molecule has 0 spiro atoms. The van der Waals surface area contributed by atoms with Gasteiger partial charge in [0.2, 0.25) is 0 Å². The van der Waals surface area contributed by atoms with E-state index in [2.05, 4.69) is 5.32 Å². The predicted molar refractivity (Wildman–Crippen MR) is 70.3 cm³/mol. The van der Waals surface area contributed by atoms with Crippen LogP contribution >= 0.6 is 0 Å². The summed E-state index contributed by atoms with van der Waals surface area (Å²) in [5.41, 5.74) is 4.98. The van der Waals surface area contributed by atoms with Crippen LogP contribution < -0.4 is 11.1 Å². The molecule has 0 atom stereocenters. The van der Waals surface area contributed by atoms with Crippen molar-refractivity contribution in [3.8, 4) is 6.07 Å². The smallest absolute Gasteiger partial charge is 0.397 e. The van der Waals surface area contributed by atoms with Gasteiger partial charge in [0.1, 0.15) is 5.82 Å². The molecule has 0 unspecified atom stereocenters. The van der Waals surface area contributed by atoms with Gasteiger partial charge < -0.3 is 11.1 Å². The van der Waals surface area contributed by atoms with Crippen LogP contribution in [0.15, 0.2) is 36.4 Å². The Hall–Kier alpha value is -2.75. The number of rotatable bonds is 2. The van der Waals surface area contributed by atoms with Crippen LogP contribution in [0.25, 0.3) is 0 Å². The lowest BCUT2D eigenvalue weighted by molar-refractivity contribution is -0.137. The molecule has 0 aromatic heterocycles. The second-order valence-electron chi connectivity index (χ2n) is 4.23. The number of hydrogen-bond donors (Lipinski definition) is 2. The minimum absolute atomic E-state index is 0.130. The third kappa shape index (κ3) is 3.23. The van der Waals surface area contributed by atoms with Gasteiger partial charge in [-0.25, -0.2) is 4.39 Å². The molecule has 0 amide bonds. The molecule has 0 aliphatic rings. The molecule has 0 bridgehead atoms. The number of benzene rings is 2. The van der Waals surface area contributed by atoms with E-state index in [1.807, 2.05) is 6.07 Å². The Morgan fingerprint density at radius 1 is 1.05 bits per heavy atom. The first-order chi connectivity index (χ1) is 9.81. The molecule has 108 valence electrons. The van der Waals surface area contributed by atoms with Crippen molar-refractivity contribution in [1.29, 1.82) is 5.26 Å². The van der Waals surface area contributed by atoms with Crippen molar-refractivity contribution in [2.24, 2.45) is 0 Å². The van der Waals surface area contributed by atoms with Crippen LogP contribution in [0.1, 0.15) is 11.1 Å². The van der Waals surface area contributed by atoms with E-state index in [1.165, 1.54) is 18.2 Å². The fourth-order valence-electron chi connectivity index (χ4n) is 1.69. The monoisotopic (exact) mass is 295 g/mol. The third-order valence-corrected chi connectivity index (χ3v) is 2.74. The molecule has 0 radical (unpaired) electrons. The first kappa shape index (κ1) is 14.7. The Labute approximate surface area is 117 Å². The van der Waals surface area contributed by atoms with Crippen molar-refractivity contribution in [1.82, 2.24) is 0 Å². The van der Waals surface area contributed by atoms with Gasteiger partial charge in [0.15, 0.2) is 0 Å². The summed E-state index contributed by atoms with van der Waals surface area (Å²) in [6, 6.07) is 8.07. The summed E-state index contributed by atoms with van der Waals surface area (Å²) in [7, 11) is 0. The molecular weight excluding hydrogens is 286 g/mol. The van der Waals surface area contributed by atoms with E-state index in [4.69, 9.17) is 11.0 Å². The summed E-state index contributed by atoms with van der Waals surface area (Å²) >= 11 is 0. The SMILES string of the molecule is N#Cc1ccc(Nc2cc(C(F)(F)F)ccc2F)c(N)c1. The van der Waals surface area contributed by atoms with Gasteiger partial charge in [0.05, 0.1) is 34.3 Å². The maximum absolute atomic E-state index is 13.6. The number of hydrogen-bond acceptors (Lipinski definition) is 3. The summed E-state index contributed by atoms with van der Waals surface area (Å²) in [4.78, 5) is 0. The second-order valence-corrected chi connectivity index (χ2v) is 4.23. The molecular formula is C14H9F4N3. The lowest BCUT2D eigenvalue weighted by atomic mass is 10.1. The highest BCUT2D eigenvalue weighted by Gasteiger charge is 2.31. The highest BCUT2D eigenvalue weighted by molar-refractivity contribution is 5.74. The first-order valence-corrected chi connectivity index (χ1v) is 5.74. The van der Waals surface area contributed by atoms with E-state index in [0.29, 0.717) is 17.7 Å². The number of nitrogens with zero attached hydrogens (tertiary/aromatic N) is 1. The van der Waals surface area contributed by atoms with Gasteiger partial charge in [-0.15, -0.1) is 0 Å². The van der Waals surface area contributed by atoms with E-state index >= 15 is 0 Å². The number of anilines is 3. The van der Waals surface area contributed by atoms with E-state index < -0.39 is 17.6 Å². The zero-order valence-corrected chi connectivity index (χ0v) is 10.5. The summed E-state index contributed by atoms with van der Waals surface area (Å²) in [5.74, 6) is -0.841. The zero-order valence-electron chi connectivity index (χ0n) is 10.5. The molecule has 2 aromatic carbocycles. The van der Waals surface area contributed by atoms with Crippen LogP contribution in [0.4, 0.5) is 34.6 Å². The maximum atomic E-state index is 13.6.